The number of rotatable bonds is 7. The Morgan fingerprint density at radius 2 is 1.95 bits per heavy atom. The van der Waals surface area contributed by atoms with Gasteiger partial charge < -0.3 is 24.7 Å². The van der Waals surface area contributed by atoms with Crippen LogP contribution in [0.4, 0.5) is 0 Å². The number of carbonyl (C=O) groups excluding carboxylic acids is 2. The quantitative estimate of drug-likeness (QED) is 0.798. The molecule has 0 aliphatic rings. The van der Waals surface area contributed by atoms with Crippen molar-refractivity contribution in [3.63, 3.8) is 0 Å². The molecule has 6 heteroatoms. The van der Waals surface area contributed by atoms with Crippen LogP contribution in [0, 0.1) is 0 Å². The molecule has 0 fully saturated rings. The molecule has 1 rings (SSSR count). The average molecular weight is 308 g/mol. The van der Waals surface area contributed by atoms with E-state index in [2.05, 4.69) is 5.32 Å². The molecule has 0 aliphatic heterocycles. The molecule has 6 nitrogen and oxygen atoms in total. The lowest BCUT2D eigenvalue weighted by Crippen LogP contribution is -2.33. The zero-order valence-electron chi connectivity index (χ0n) is 13.4. The molecule has 0 atom stereocenters. The summed E-state index contributed by atoms with van der Waals surface area (Å²) in [4.78, 5) is 21.9. The van der Waals surface area contributed by atoms with E-state index in [-0.39, 0.29) is 30.9 Å². The molecule has 1 N–H and O–H groups in total. The van der Waals surface area contributed by atoms with E-state index in [9.17, 15) is 14.7 Å². The second-order valence-corrected chi connectivity index (χ2v) is 5.87. The summed E-state index contributed by atoms with van der Waals surface area (Å²) >= 11 is 0. The fourth-order valence-corrected chi connectivity index (χ4v) is 1.85. The molecular formula is C16H22NO5-. The number of amides is 1. The molecule has 0 saturated carbocycles. The molecule has 22 heavy (non-hydrogen) atoms. The predicted octanol–water partition coefficient (Wildman–Crippen LogP) is 0.628. The van der Waals surface area contributed by atoms with E-state index >= 15 is 0 Å². The van der Waals surface area contributed by atoms with Crippen molar-refractivity contribution in [3.05, 3.63) is 23.8 Å². The highest BCUT2D eigenvalue weighted by molar-refractivity contribution is 5.78. The maximum Gasteiger partial charge on any atom is 0.257 e. The molecule has 1 aromatic carbocycles. The van der Waals surface area contributed by atoms with E-state index in [1.807, 2.05) is 26.8 Å². The van der Waals surface area contributed by atoms with Gasteiger partial charge in [-0.05, 0) is 23.6 Å². The summed E-state index contributed by atoms with van der Waals surface area (Å²) < 4.78 is 10.8. The number of carbonyl (C=O) groups is 2. The van der Waals surface area contributed by atoms with Gasteiger partial charge in [-0.25, -0.2) is 0 Å². The monoisotopic (exact) mass is 308 g/mol. The highest BCUT2D eigenvalue weighted by Gasteiger charge is 2.20. The lowest BCUT2D eigenvalue weighted by Gasteiger charge is -2.23. The summed E-state index contributed by atoms with van der Waals surface area (Å²) in [6, 6.07) is 5.40. The molecule has 0 saturated heterocycles. The zero-order valence-corrected chi connectivity index (χ0v) is 13.4. The fourth-order valence-electron chi connectivity index (χ4n) is 1.85. The third kappa shape index (κ3) is 5.63. The number of hydrogen-bond acceptors (Lipinski definition) is 5. The van der Waals surface area contributed by atoms with Crippen LogP contribution >= 0.6 is 0 Å². The number of methoxy groups -OCH3 is 1. The second-order valence-electron chi connectivity index (χ2n) is 5.87. The van der Waals surface area contributed by atoms with Gasteiger partial charge in [-0.3, -0.25) is 4.79 Å². The van der Waals surface area contributed by atoms with Gasteiger partial charge in [0.15, 0.2) is 6.61 Å². The number of hydrogen-bond donors (Lipinski definition) is 1. The summed E-state index contributed by atoms with van der Waals surface area (Å²) in [5.41, 5.74) is 0.754. The Hall–Kier alpha value is -2.24. The van der Waals surface area contributed by atoms with E-state index in [0.29, 0.717) is 5.75 Å². The Morgan fingerprint density at radius 3 is 2.50 bits per heavy atom. The predicted molar refractivity (Wildman–Crippen MR) is 79.8 cm³/mol. The van der Waals surface area contributed by atoms with E-state index < -0.39 is 5.97 Å². The molecule has 0 aliphatic carbocycles. The summed E-state index contributed by atoms with van der Waals surface area (Å²) in [6.45, 7) is 5.96. The lowest BCUT2D eigenvalue weighted by atomic mass is 9.86. The van der Waals surface area contributed by atoms with Crippen LogP contribution in [0.2, 0.25) is 0 Å². The van der Waals surface area contributed by atoms with E-state index in [4.69, 9.17) is 9.47 Å². The van der Waals surface area contributed by atoms with Crippen LogP contribution in [-0.4, -0.2) is 32.1 Å². The van der Waals surface area contributed by atoms with Crippen molar-refractivity contribution in [2.24, 2.45) is 0 Å². The molecule has 0 unspecified atom stereocenters. The third-order valence-corrected chi connectivity index (χ3v) is 3.00. The number of ether oxygens (including phenoxy) is 2. The summed E-state index contributed by atoms with van der Waals surface area (Å²) in [7, 11) is 1.59. The van der Waals surface area contributed by atoms with Crippen LogP contribution in [0.3, 0.4) is 0 Å². The van der Waals surface area contributed by atoms with Crippen LogP contribution < -0.4 is 19.9 Å². The number of carboxylic acids is 1. The largest absolute Gasteiger partial charge is 0.550 e. The van der Waals surface area contributed by atoms with E-state index in [1.165, 1.54) is 0 Å². The normalized spacial score (nSPS) is 10.9. The SMILES string of the molecule is COc1ccc(OCC(=O)NCCC(=O)[O-])c(C(C)(C)C)c1. The van der Waals surface area contributed by atoms with Crippen molar-refractivity contribution >= 4 is 11.9 Å². The summed E-state index contributed by atoms with van der Waals surface area (Å²) in [5, 5.41) is 12.7. The molecule has 1 amide bonds. The molecule has 0 spiro atoms. The highest BCUT2D eigenvalue weighted by Crippen LogP contribution is 2.34. The molecule has 1 aromatic rings. The summed E-state index contributed by atoms with van der Waals surface area (Å²) in [5.74, 6) is -0.262. The summed E-state index contributed by atoms with van der Waals surface area (Å²) in [6.07, 6.45) is -0.221. The Balaban J connectivity index is 2.69. The van der Waals surface area contributed by atoms with Crippen molar-refractivity contribution in [1.29, 1.82) is 0 Å². The Kier molecular flexibility index (Phi) is 6.22. The van der Waals surface area contributed by atoms with Gasteiger partial charge in [-0.2, -0.15) is 0 Å². The number of nitrogens with one attached hydrogen (secondary N) is 1. The fraction of sp³-hybridized carbons (Fsp3) is 0.500. The first kappa shape index (κ1) is 17.8. The van der Waals surface area contributed by atoms with Gasteiger partial charge in [0.1, 0.15) is 11.5 Å². The van der Waals surface area contributed by atoms with Crippen LogP contribution in [0.25, 0.3) is 0 Å². The molecule has 0 bridgehead atoms. The van der Waals surface area contributed by atoms with Crippen LogP contribution in [0.15, 0.2) is 18.2 Å². The van der Waals surface area contributed by atoms with Crippen LogP contribution in [0.1, 0.15) is 32.8 Å². The average Bonchev–Trinajstić information content (AvgIpc) is 2.43. The molecule has 0 heterocycles. The minimum absolute atomic E-state index is 0.0271. The van der Waals surface area contributed by atoms with Gasteiger partial charge in [0.25, 0.3) is 5.91 Å². The van der Waals surface area contributed by atoms with Gasteiger partial charge in [0, 0.05) is 24.5 Å². The first-order chi connectivity index (χ1) is 10.2. The number of benzene rings is 1. The molecule has 122 valence electrons. The van der Waals surface area contributed by atoms with Crippen molar-refractivity contribution < 1.29 is 24.2 Å². The third-order valence-electron chi connectivity index (χ3n) is 3.00. The number of carboxylic acid groups (broad SMARTS) is 1. The van der Waals surface area contributed by atoms with Gasteiger partial charge in [0.2, 0.25) is 0 Å². The van der Waals surface area contributed by atoms with E-state index in [1.54, 1.807) is 19.2 Å². The van der Waals surface area contributed by atoms with E-state index in [0.717, 1.165) is 11.3 Å². The Bertz CT molecular complexity index is 534. The van der Waals surface area contributed by atoms with Gasteiger partial charge in [-0.15, -0.1) is 0 Å². The van der Waals surface area contributed by atoms with Crippen molar-refractivity contribution in [2.75, 3.05) is 20.3 Å². The second kappa shape index (κ2) is 7.68. The van der Waals surface area contributed by atoms with Gasteiger partial charge >= 0.3 is 0 Å². The Morgan fingerprint density at radius 1 is 1.27 bits per heavy atom. The maximum atomic E-state index is 11.6. The van der Waals surface area contributed by atoms with Crippen molar-refractivity contribution in [2.45, 2.75) is 32.6 Å². The van der Waals surface area contributed by atoms with Crippen LogP contribution in [-0.2, 0) is 15.0 Å². The standard InChI is InChI=1S/C16H23NO5/c1-16(2,3)12-9-11(21-4)5-6-13(12)22-10-14(18)17-8-7-15(19)20/h5-6,9H,7-8,10H2,1-4H3,(H,17,18)(H,19,20)/p-1. The van der Waals surface area contributed by atoms with Crippen LogP contribution in [0.5, 0.6) is 11.5 Å². The van der Waals surface area contributed by atoms with Gasteiger partial charge in [-0.1, -0.05) is 20.8 Å². The highest BCUT2D eigenvalue weighted by atomic mass is 16.5. The molecule has 0 radical (unpaired) electrons. The zero-order chi connectivity index (χ0) is 16.8. The first-order valence-corrected chi connectivity index (χ1v) is 7.02. The van der Waals surface area contributed by atoms with Crippen molar-refractivity contribution in [1.82, 2.24) is 5.32 Å². The Labute approximate surface area is 130 Å². The lowest BCUT2D eigenvalue weighted by molar-refractivity contribution is -0.305. The minimum Gasteiger partial charge on any atom is -0.550 e. The van der Waals surface area contributed by atoms with Gasteiger partial charge in [0.05, 0.1) is 7.11 Å². The minimum atomic E-state index is -1.20. The smallest absolute Gasteiger partial charge is 0.257 e. The molecular weight excluding hydrogens is 286 g/mol. The maximum absolute atomic E-state index is 11.6. The topological polar surface area (TPSA) is 87.7 Å². The number of aliphatic carboxylic acids is 1. The first-order valence-electron chi connectivity index (χ1n) is 7.02. The molecule has 0 aromatic heterocycles. The van der Waals surface area contributed by atoms with Crippen molar-refractivity contribution in [3.8, 4) is 11.5 Å².